The van der Waals surface area contributed by atoms with Crippen molar-refractivity contribution in [1.29, 1.82) is 0 Å². The highest BCUT2D eigenvalue weighted by molar-refractivity contribution is 5.91. The Kier molecular flexibility index (Phi) is 3.17. The summed E-state index contributed by atoms with van der Waals surface area (Å²) in [7, 11) is 3.22. The van der Waals surface area contributed by atoms with Crippen molar-refractivity contribution >= 4 is 11.9 Å². The van der Waals surface area contributed by atoms with Crippen LogP contribution in [0.2, 0.25) is 0 Å². The van der Waals surface area contributed by atoms with E-state index in [9.17, 15) is 9.59 Å². The molecular formula is C11H17NO3. The molecule has 0 spiro atoms. The van der Waals surface area contributed by atoms with E-state index in [1.54, 1.807) is 14.1 Å². The third-order valence-electron chi connectivity index (χ3n) is 2.21. The van der Waals surface area contributed by atoms with E-state index in [-0.39, 0.29) is 11.2 Å². The summed E-state index contributed by atoms with van der Waals surface area (Å²) >= 11 is 0. The topological polar surface area (TPSA) is 46.6 Å². The van der Waals surface area contributed by atoms with Crippen LogP contribution in [0.15, 0.2) is 11.8 Å². The molecule has 0 saturated carbocycles. The fourth-order valence-electron chi connectivity index (χ4n) is 1.56. The Morgan fingerprint density at radius 2 is 2.00 bits per heavy atom. The van der Waals surface area contributed by atoms with Crippen LogP contribution < -0.4 is 0 Å². The van der Waals surface area contributed by atoms with Gasteiger partial charge in [-0.1, -0.05) is 13.8 Å². The minimum atomic E-state index is -0.438. The van der Waals surface area contributed by atoms with Gasteiger partial charge in [0.2, 0.25) is 0 Å². The summed E-state index contributed by atoms with van der Waals surface area (Å²) in [5, 5.41) is 0. The summed E-state index contributed by atoms with van der Waals surface area (Å²) in [6, 6.07) is 0. The van der Waals surface area contributed by atoms with Gasteiger partial charge in [0.25, 0.3) is 0 Å². The molecule has 1 amide bonds. The van der Waals surface area contributed by atoms with Gasteiger partial charge in [0.1, 0.15) is 5.76 Å². The first-order valence-electron chi connectivity index (χ1n) is 4.93. The lowest BCUT2D eigenvalue weighted by atomic mass is 9.79. The fraction of sp³-hybridized carbons (Fsp3) is 0.636. The first-order valence-corrected chi connectivity index (χ1v) is 4.93. The molecule has 15 heavy (non-hydrogen) atoms. The molecule has 0 N–H and O–H groups in total. The Morgan fingerprint density at radius 1 is 1.40 bits per heavy atom. The van der Waals surface area contributed by atoms with Crippen molar-refractivity contribution in [3.63, 3.8) is 0 Å². The summed E-state index contributed by atoms with van der Waals surface area (Å²) in [6.07, 6.45) is 2.12. The summed E-state index contributed by atoms with van der Waals surface area (Å²) < 4.78 is 5.09. The van der Waals surface area contributed by atoms with Gasteiger partial charge in [-0.05, 0) is 5.41 Å². The van der Waals surface area contributed by atoms with Crippen molar-refractivity contribution < 1.29 is 14.3 Å². The lowest BCUT2D eigenvalue weighted by molar-refractivity contribution is -0.117. The van der Waals surface area contributed by atoms with Gasteiger partial charge in [-0.25, -0.2) is 4.79 Å². The number of rotatable bonds is 1. The van der Waals surface area contributed by atoms with Crippen LogP contribution in [0.4, 0.5) is 4.79 Å². The van der Waals surface area contributed by atoms with Crippen LogP contribution in [0.3, 0.4) is 0 Å². The van der Waals surface area contributed by atoms with E-state index in [2.05, 4.69) is 0 Å². The summed E-state index contributed by atoms with van der Waals surface area (Å²) in [6.45, 7) is 3.97. The number of hydrogen-bond donors (Lipinski definition) is 0. The van der Waals surface area contributed by atoms with Crippen LogP contribution in [0.25, 0.3) is 0 Å². The molecule has 4 heteroatoms. The Hall–Kier alpha value is -1.32. The molecule has 0 atom stereocenters. The molecule has 0 unspecified atom stereocenters. The molecule has 0 aromatic carbocycles. The molecule has 0 fully saturated rings. The lowest BCUT2D eigenvalue weighted by Gasteiger charge is -2.28. The van der Waals surface area contributed by atoms with Crippen LogP contribution in [0.5, 0.6) is 0 Å². The number of carbonyl (C=O) groups excluding carboxylic acids is 2. The van der Waals surface area contributed by atoms with Gasteiger partial charge in [-0.15, -0.1) is 0 Å². The number of ketones is 1. The minimum absolute atomic E-state index is 0.0211. The zero-order chi connectivity index (χ0) is 11.6. The Balaban J connectivity index is 2.71. The van der Waals surface area contributed by atoms with E-state index in [0.29, 0.717) is 18.6 Å². The molecule has 4 nitrogen and oxygen atoms in total. The van der Waals surface area contributed by atoms with Crippen molar-refractivity contribution in [3.05, 3.63) is 11.8 Å². The van der Waals surface area contributed by atoms with Crippen LogP contribution >= 0.6 is 0 Å². The number of allylic oxidation sites excluding steroid dienone is 2. The molecule has 1 rings (SSSR count). The molecule has 0 aliphatic heterocycles. The molecular weight excluding hydrogens is 194 g/mol. The molecule has 0 aromatic heterocycles. The molecule has 1 aliphatic rings. The van der Waals surface area contributed by atoms with Crippen molar-refractivity contribution in [2.45, 2.75) is 26.7 Å². The monoisotopic (exact) mass is 211 g/mol. The van der Waals surface area contributed by atoms with Crippen LogP contribution in [-0.2, 0) is 9.53 Å². The highest BCUT2D eigenvalue weighted by Crippen LogP contribution is 2.34. The van der Waals surface area contributed by atoms with E-state index < -0.39 is 6.09 Å². The number of carbonyl (C=O) groups is 2. The number of ether oxygens (including phenoxy) is 1. The molecule has 0 aromatic rings. The normalized spacial score (nSPS) is 19.5. The summed E-state index contributed by atoms with van der Waals surface area (Å²) in [5.74, 6) is 0.489. The van der Waals surface area contributed by atoms with E-state index in [1.807, 2.05) is 13.8 Å². The first kappa shape index (κ1) is 11.8. The zero-order valence-corrected chi connectivity index (χ0v) is 9.66. The highest BCUT2D eigenvalue weighted by atomic mass is 16.6. The van der Waals surface area contributed by atoms with Gasteiger partial charge in [0.05, 0.1) is 0 Å². The zero-order valence-electron chi connectivity index (χ0n) is 9.66. The van der Waals surface area contributed by atoms with Crippen molar-refractivity contribution in [2.24, 2.45) is 5.41 Å². The maximum Gasteiger partial charge on any atom is 0.414 e. The van der Waals surface area contributed by atoms with E-state index in [0.717, 1.165) is 0 Å². The molecule has 84 valence electrons. The molecule has 0 heterocycles. The predicted molar refractivity (Wildman–Crippen MR) is 56.3 cm³/mol. The first-order chi connectivity index (χ1) is 6.80. The second kappa shape index (κ2) is 4.04. The van der Waals surface area contributed by atoms with Crippen LogP contribution in [-0.4, -0.2) is 30.9 Å². The molecule has 1 aliphatic carbocycles. The standard InChI is InChI=1S/C11H17NO3/c1-11(2)6-8(13)5-9(7-11)15-10(14)12(3)4/h5H,6-7H2,1-4H3. The predicted octanol–water partition coefficient (Wildman–Crippen LogP) is 1.96. The van der Waals surface area contributed by atoms with Gasteiger partial charge < -0.3 is 9.64 Å². The number of amides is 1. The van der Waals surface area contributed by atoms with E-state index in [4.69, 9.17) is 4.74 Å². The van der Waals surface area contributed by atoms with Gasteiger partial charge >= 0.3 is 6.09 Å². The van der Waals surface area contributed by atoms with Crippen molar-refractivity contribution in [2.75, 3.05) is 14.1 Å². The second-order valence-electron chi connectivity index (χ2n) is 4.86. The molecule has 0 bridgehead atoms. The Morgan fingerprint density at radius 3 is 2.47 bits per heavy atom. The van der Waals surface area contributed by atoms with E-state index >= 15 is 0 Å². The fourth-order valence-corrected chi connectivity index (χ4v) is 1.56. The lowest BCUT2D eigenvalue weighted by Crippen LogP contribution is -2.27. The summed E-state index contributed by atoms with van der Waals surface area (Å²) in [5.41, 5.74) is -0.117. The third kappa shape index (κ3) is 3.38. The van der Waals surface area contributed by atoms with Crippen molar-refractivity contribution in [1.82, 2.24) is 4.90 Å². The molecule has 0 saturated heterocycles. The van der Waals surface area contributed by atoms with Crippen LogP contribution in [0, 0.1) is 5.41 Å². The molecule has 0 radical (unpaired) electrons. The maximum absolute atomic E-state index is 11.4. The SMILES string of the molecule is CN(C)C(=O)OC1=CC(=O)CC(C)(C)C1. The Bertz CT molecular complexity index is 316. The highest BCUT2D eigenvalue weighted by Gasteiger charge is 2.29. The van der Waals surface area contributed by atoms with Gasteiger partial charge in [0.15, 0.2) is 5.78 Å². The quantitative estimate of drug-likeness (QED) is 0.666. The summed E-state index contributed by atoms with van der Waals surface area (Å²) in [4.78, 5) is 24.0. The van der Waals surface area contributed by atoms with Crippen molar-refractivity contribution in [3.8, 4) is 0 Å². The number of hydrogen-bond acceptors (Lipinski definition) is 3. The van der Waals surface area contributed by atoms with Gasteiger partial charge in [0, 0.05) is 33.0 Å². The largest absolute Gasteiger partial charge is 0.415 e. The van der Waals surface area contributed by atoms with Gasteiger partial charge in [-0.2, -0.15) is 0 Å². The van der Waals surface area contributed by atoms with Crippen LogP contribution in [0.1, 0.15) is 26.7 Å². The maximum atomic E-state index is 11.4. The third-order valence-corrected chi connectivity index (χ3v) is 2.21. The average Bonchev–Trinajstić information content (AvgIpc) is 1.99. The van der Waals surface area contributed by atoms with Gasteiger partial charge in [-0.3, -0.25) is 4.79 Å². The smallest absolute Gasteiger partial charge is 0.414 e. The Labute approximate surface area is 89.9 Å². The minimum Gasteiger partial charge on any atom is -0.415 e. The average molecular weight is 211 g/mol. The second-order valence-corrected chi connectivity index (χ2v) is 4.86. The number of nitrogens with zero attached hydrogens (tertiary/aromatic N) is 1. The van der Waals surface area contributed by atoms with E-state index in [1.165, 1.54) is 11.0 Å².